The molecule has 1 atom stereocenters. The maximum absolute atomic E-state index is 11.7. The molecule has 1 aliphatic rings. The van der Waals surface area contributed by atoms with Crippen LogP contribution < -0.4 is 0 Å². The Bertz CT molecular complexity index is 592. The van der Waals surface area contributed by atoms with Gasteiger partial charge in [0, 0.05) is 17.1 Å². The average Bonchev–Trinajstić information content (AvgIpc) is 2.13. The largest absolute Gasteiger partial charge is 0.459 e. The Hall–Kier alpha value is -1.07. The van der Waals surface area contributed by atoms with Gasteiger partial charge in [0.05, 0.1) is 10.5 Å². The van der Waals surface area contributed by atoms with E-state index in [1.54, 1.807) is 19.9 Å². The molecule has 1 unspecified atom stereocenters. The molecule has 1 heterocycles. The minimum atomic E-state index is -3.95. The van der Waals surface area contributed by atoms with Crippen molar-refractivity contribution >= 4 is 25.7 Å². The van der Waals surface area contributed by atoms with Crippen LogP contribution in [0.15, 0.2) is 17.0 Å². The molecule has 0 fully saturated rings. The summed E-state index contributed by atoms with van der Waals surface area (Å²) in [5.41, 5.74) is 1.50. The highest BCUT2D eigenvalue weighted by atomic mass is 35.7. The van der Waals surface area contributed by atoms with E-state index in [1.165, 1.54) is 6.07 Å². The third kappa shape index (κ3) is 2.30. The summed E-state index contributed by atoms with van der Waals surface area (Å²) in [6.45, 7) is 3.52. The maximum Gasteiger partial charge on any atom is 0.340 e. The van der Waals surface area contributed by atoms with Crippen LogP contribution in [0.1, 0.15) is 28.4 Å². The first-order chi connectivity index (χ1) is 7.79. The Morgan fingerprint density at radius 3 is 2.65 bits per heavy atom. The van der Waals surface area contributed by atoms with Crippen molar-refractivity contribution in [3.8, 4) is 0 Å². The number of carbonyl (C=O) groups excluding carboxylic acids is 1. The zero-order chi connectivity index (χ0) is 12.8. The fraction of sp³-hybridized carbons (Fsp3) is 0.364. The van der Waals surface area contributed by atoms with Crippen LogP contribution in [0.25, 0.3) is 0 Å². The molecule has 0 amide bonds. The first-order valence-electron chi connectivity index (χ1n) is 5.08. The number of hydrogen-bond donors (Lipinski definition) is 0. The Labute approximate surface area is 104 Å². The van der Waals surface area contributed by atoms with Crippen LogP contribution in [0, 0.1) is 6.92 Å². The lowest BCUT2D eigenvalue weighted by Gasteiger charge is -2.23. The first kappa shape index (κ1) is 12.4. The molecule has 1 aromatic carbocycles. The quantitative estimate of drug-likeness (QED) is 0.581. The van der Waals surface area contributed by atoms with Crippen LogP contribution in [0.3, 0.4) is 0 Å². The number of benzene rings is 1. The highest BCUT2D eigenvalue weighted by Crippen LogP contribution is 2.30. The van der Waals surface area contributed by atoms with Crippen molar-refractivity contribution < 1.29 is 17.9 Å². The Morgan fingerprint density at radius 1 is 1.41 bits per heavy atom. The molecule has 92 valence electrons. The number of hydrogen-bond acceptors (Lipinski definition) is 4. The van der Waals surface area contributed by atoms with Gasteiger partial charge in [0.2, 0.25) is 0 Å². The molecule has 0 bridgehead atoms. The van der Waals surface area contributed by atoms with Crippen molar-refractivity contribution in [3.05, 3.63) is 28.8 Å². The van der Waals surface area contributed by atoms with Gasteiger partial charge in [0.25, 0.3) is 9.05 Å². The normalized spacial score (nSPS) is 19.7. The van der Waals surface area contributed by atoms with Crippen LogP contribution in [-0.2, 0) is 20.2 Å². The standard InChI is InChI=1S/C11H11ClO4S/c1-6-3-8-5-7(2)16-11(13)10(8)9(4-6)17(12,14)15/h3-4,7H,5H2,1-2H3. The predicted octanol–water partition coefficient (Wildman–Crippen LogP) is 2.02. The molecule has 0 aliphatic carbocycles. The average molecular weight is 275 g/mol. The van der Waals surface area contributed by atoms with Crippen LogP contribution in [0.4, 0.5) is 0 Å². The van der Waals surface area contributed by atoms with Gasteiger partial charge in [-0.3, -0.25) is 0 Å². The number of aryl methyl sites for hydroxylation is 1. The predicted molar refractivity (Wildman–Crippen MR) is 62.8 cm³/mol. The summed E-state index contributed by atoms with van der Waals surface area (Å²) >= 11 is 0. The van der Waals surface area contributed by atoms with Gasteiger partial charge in [0.1, 0.15) is 6.10 Å². The number of esters is 1. The SMILES string of the molecule is Cc1cc2c(c(S(=O)(=O)Cl)c1)C(=O)OC(C)C2. The van der Waals surface area contributed by atoms with Crippen LogP contribution in [-0.4, -0.2) is 20.5 Å². The Kier molecular flexibility index (Phi) is 2.91. The highest BCUT2D eigenvalue weighted by molar-refractivity contribution is 8.13. The fourth-order valence-corrected chi connectivity index (χ4v) is 3.15. The van der Waals surface area contributed by atoms with E-state index < -0.39 is 15.0 Å². The van der Waals surface area contributed by atoms with E-state index in [-0.39, 0.29) is 16.6 Å². The van der Waals surface area contributed by atoms with Crippen molar-refractivity contribution in [1.29, 1.82) is 0 Å². The van der Waals surface area contributed by atoms with Gasteiger partial charge in [-0.1, -0.05) is 6.07 Å². The number of ether oxygens (including phenoxy) is 1. The summed E-state index contributed by atoms with van der Waals surface area (Å²) in [5.74, 6) is -0.627. The van der Waals surface area contributed by atoms with E-state index >= 15 is 0 Å². The molecule has 0 aromatic heterocycles. The third-order valence-electron chi connectivity index (χ3n) is 2.61. The van der Waals surface area contributed by atoms with Gasteiger partial charge >= 0.3 is 5.97 Å². The van der Waals surface area contributed by atoms with Crippen LogP contribution >= 0.6 is 10.7 Å². The molecule has 1 aliphatic heterocycles. The minimum absolute atomic E-state index is 0.0729. The summed E-state index contributed by atoms with van der Waals surface area (Å²) in [4.78, 5) is 11.6. The van der Waals surface area contributed by atoms with Crippen LogP contribution in [0.5, 0.6) is 0 Å². The highest BCUT2D eigenvalue weighted by Gasteiger charge is 2.30. The van der Waals surface area contributed by atoms with Crippen LogP contribution in [0.2, 0.25) is 0 Å². The van der Waals surface area contributed by atoms with Gasteiger partial charge in [-0.2, -0.15) is 0 Å². The number of rotatable bonds is 1. The van der Waals surface area contributed by atoms with Gasteiger partial charge < -0.3 is 4.74 Å². The summed E-state index contributed by atoms with van der Waals surface area (Å²) in [6, 6.07) is 3.18. The number of halogens is 1. The van der Waals surface area contributed by atoms with Crippen molar-refractivity contribution in [2.45, 2.75) is 31.3 Å². The van der Waals surface area contributed by atoms with E-state index in [9.17, 15) is 13.2 Å². The zero-order valence-electron chi connectivity index (χ0n) is 9.36. The molecule has 0 saturated heterocycles. The molecule has 17 heavy (non-hydrogen) atoms. The van der Waals surface area contributed by atoms with E-state index in [1.807, 2.05) is 0 Å². The lowest BCUT2D eigenvalue weighted by atomic mass is 9.97. The smallest absolute Gasteiger partial charge is 0.340 e. The van der Waals surface area contributed by atoms with E-state index in [2.05, 4.69) is 0 Å². The molecule has 0 saturated carbocycles. The maximum atomic E-state index is 11.7. The van der Waals surface area contributed by atoms with Gasteiger partial charge in [-0.25, -0.2) is 13.2 Å². The molecular weight excluding hydrogens is 264 g/mol. The summed E-state index contributed by atoms with van der Waals surface area (Å²) in [5, 5.41) is 0. The lowest BCUT2D eigenvalue weighted by Crippen LogP contribution is -2.27. The molecule has 0 spiro atoms. The second-order valence-corrected chi connectivity index (χ2v) is 6.69. The molecule has 4 nitrogen and oxygen atoms in total. The second kappa shape index (κ2) is 3.99. The molecule has 1 aromatic rings. The second-order valence-electron chi connectivity index (χ2n) is 4.16. The molecule has 6 heteroatoms. The first-order valence-corrected chi connectivity index (χ1v) is 7.39. The minimum Gasteiger partial charge on any atom is -0.459 e. The van der Waals surface area contributed by atoms with E-state index in [0.717, 1.165) is 5.56 Å². The van der Waals surface area contributed by atoms with E-state index in [4.69, 9.17) is 15.4 Å². The number of fused-ring (bicyclic) bond motifs is 1. The van der Waals surface area contributed by atoms with Gasteiger partial charge in [0.15, 0.2) is 0 Å². The summed E-state index contributed by atoms with van der Waals surface area (Å²) < 4.78 is 27.9. The van der Waals surface area contributed by atoms with Gasteiger partial charge in [-0.05, 0) is 31.0 Å². The summed E-state index contributed by atoms with van der Waals surface area (Å²) in [7, 11) is 1.39. The molecule has 0 N–H and O–H groups in total. The number of carbonyl (C=O) groups is 1. The van der Waals surface area contributed by atoms with E-state index in [0.29, 0.717) is 12.0 Å². The van der Waals surface area contributed by atoms with Crippen molar-refractivity contribution in [3.63, 3.8) is 0 Å². The molecule has 2 rings (SSSR count). The van der Waals surface area contributed by atoms with Gasteiger partial charge in [-0.15, -0.1) is 0 Å². The molecule has 0 radical (unpaired) electrons. The monoisotopic (exact) mass is 274 g/mol. The zero-order valence-corrected chi connectivity index (χ0v) is 10.9. The van der Waals surface area contributed by atoms with Crippen molar-refractivity contribution in [2.75, 3.05) is 0 Å². The fourth-order valence-electron chi connectivity index (χ4n) is 2.00. The third-order valence-corrected chi connectivity index (χ3v) is 3.96. The Balaban J connectivity index is 2.75. The topological polar surface area (TPSA) is 60.4 Å². The lowest BCUT2D eigenvalue weighted by molar-refractivity contribution is 0.0295. The van der Waals surface area contributed by atoms with Crippen molar-refractivity contribution in [2.24, 2.45) is 0 Å². The Morgan fingerprint density at radius 2 is 2.06 bits per heavy atom. The van der Waals surface area contributed by atoms with Crippen molar-refractivity contribution in [1.82, 2.24) is 0 Å². The molecular formula is C11H11ClO4S. The number of cyclic esters (lactones) is 1. The summed E-state index contributed by atoms with van der Waals surface area (Å²) in [6.07, 6.45) is 0.255.